The molecule has 0 saturated carbocycles. The van der Waals surface area contributed by atoms with Crippen molar-refractivity contribution in [3.05, 3.63) is 57.7 Å². The monoisotopic (exact) mass is 562 g/mol. The third-order valence-electron chi connectivity index (χ3n) is 8.29. The van der Waals surface area contributed by atoms with Crippen LogP contribution in [-0.4, -0.2) is 78.4 Å². The number of likely N-dealkylation sites (tertiary alicyclic amines) is 1. The lowest BCUT2D eigenvalue weighted by molar-refractivity contribution is 0.0857. The van der Waals surface area contributed by atoms with E-state index in [1.165, 1.54) is 16.9 Å². The predicted octanol–water partition coefficient (Wildman–Crippen LogP) is 4.31. The summed E-state index contributed by atoms with van der Waals surface area (Å²) in [5.41, 5.74) is 5.00. The van der Waals surface area contributed by atoms with E-state index in [9.17, 15) is 9.59 Å². The maximum absolute atomic E-state index is 13.5. The van der Waals surface area contributed by atoms with Crippen LogP contribution in [0.25, 0.3) is 10.3 Å². The summed E-state index contributed by atoms with van der Waals surface area (Å²) in [6.45, 7) is 9.44. The first-order chi connectivity index (χ1) is 19.0. The lowest BCUT2D eigenvalue weighted by Crippen LogP contribution is -2.57. The van der Waals surface area contributed by atoms with Crippen LogP contribution < -0.4 is 10.6 Å². The van der Waals surface area contributed by atoms with Gasteiger partial charge in [0.15, 0.2) is 5.01 Å². The molecule has 2 aliphatic rings. The summed E-state index contributed by atoms with van der Waals surface area (Å²) in [7, 11) is 6.08. The first-order valence-electron chi connectivity index (χ1n) is 14.3. The van der Waals surface area contributed by atoms with Crippen LogP contribution in [0.15, 0.2) is 30.3 Å². The largest absolute Gasteiger partial charge is 0.347 e. The van der Waals surface area contributed by atoms with Crippen molar-refractivity contribution < 1.29 is 9.59 Å². The van der Waals surface area contributed by atoms with Gasteiger partial charge in [-0.25, -0.2) is 9.97 Å². The number of likely N-dealkylation sites (N-methyl/N-ethyl adjacent to an activating group) is 1. The number of aromatic nitrogens is 2. The maximum Gasteiger partial charge on any atom is 0.280 e. The van der Waals surface area contributed by atoms with Gasteiger partial charge in [-0.05, 0) is 94.0 Å². The Morgan fingerprint density at radius 3 is 2.62 bits per heavy atom. The van der Waals surface area contributed by atoms with Crippen molar-refractivity contribution in [3.8, 4) is 0 Å². The number of nitrogens with one attached hydrogen (secondary N) is 2. The Balaban J connectivity index is 1.34. The zero-order valence-electron chi connectivity index (χ0n) is 24.6. The van der Waals surface area contributed by atoms with Gasteiger partial charge in [-0.15, -0.1) is 0 Å². The standard InChI is InChI=1S/C31H42N6O2S/c1-31(2,3)22-10-11-24-21(15-22)16-26-29(34-24)40-30(35-26)28(39)33-25(12-13-36(4)5)19-8-7-9-20(14-19)27(38)32-23-17-37(6)18-23/h7-9,14,16,22-23,25H,10-13,15,17-18H2,1-6H3,(H,32,38)(H,33,39)/t22-,25?/m0/s1. The van der Waals surface area contributed by atoms with E-state index in [0.717, 1.165) is 60.5 Å². The van der Waals surface area contributed by atoms with E-state index in [0.29, 0.717) is 22.9 Å². The number of hydrogen-bond acceptors (Lipinski definition) is 7. The Kier molecular flexibility index (Phi) is 8.27. The highest BCUT2D eigenvalue weighted by atomic mass is 32.1. The van der Waals surface area contributed by atoms with Crippen LogP contribution in [0.4, 0.5) is 0 Å². The summed E-state index contributed by atoms with van der Waals surface area (Å²) >= 11 is 1.36. The number of amides is 2. The van der Waals surface area contributed by atoms with Gasteiger partial charge >= 0.3 is 0 Å². The molecule has 40 heavy (non-hydrogen) atoms. The smallest absolute Gasteiger partial charge is 0.280 e. The number of pyridine rings is 1. The van der Waals surface area contributed by atoms with Gasteiger partial charge in [-0.1, -0.05) is 44.2 Å². The van der Waals surface area contributed by atoms with E-state index in [1.54, 1.807) is 0 Å². The lowest BCUT2D eigenvalue weighted by atomic mass is 9.71. The molecule has 2 amide bonds. The van der Waals surface area contributed by atoms with E-state index < -0.39 is 0 Å². The Hall–Kier alpha value is -2.88. The third kappa shape index (κ3) is 6.53. The molecule has 0 radical (unpaired) electrons. The molecular formula is C31H42N6O2S. The molecule has 3 heterocycles. The van der Waals surface area contributed by atoms with Crippen LogP contribution >= 0.6 is 11.3 Å². The number of nitrogens with zero attached hydrogens (tertiary/aromatic N) is 4. The van der Waals surface area contributed by atoms with Crippen LogP contribution in [0.3, 0.4) is 0 Å². The van der Waals surface area contributed by atoms with Crippen LogP contribution in [0, 0.1) is 11.3 Å². The molecule has 214 valence electrons. The molecule has 1 aliphatic carbocycles. The van der Waals surface area contributed by atoms with Crippen molar-refractivity contribution in [2.45, 2.75) is 58.5 Å². The molecule has 0 spiro atoms. The second kappa shape index (κ2) is 11.5. The second-order valence-electron chi connectivity index (χ2n) is 12.9. The Morgan fingerprint density at radius 2 is 1.93 bits per heavy atom. The van der Waals surface area contributed by atoms with Crippen LogP contribution in [0.1, 0.15) is 76.6 Å². The Morgan fingerprint density at radius 1 is 1.15 bits per heavy atom. The topological polar surface area (TPSA) is 90.5 Å². The van der Waals surface area contributed by atoms with Crippen LogP contribution in [-0.2, 0) is 12.8 Å². The molecule has 1 aliphatic heterocycles. The zero-order valence-corrected chi connectivity index (χ0v) is 25.4. The third-order valence-corrected chi connectivity index (χ3v) is 9.25. The SMILES string of the molecule is CN(C)CCC(NC(=O)c1nc2cc3c(nc2s1)CC[C@H](C(C)(C)C)C3)c1cccc(C(=O)NC2CN(C)C2)c1. The number of hydrogen-bond donors (Lipinski definition) is 2. The Labute approximate surface area is 241 Å². The number of aryl methyl sites for hydroxylation is 1. The summed E-state index contributed by atoms with van der Waals surface area (Å²) < 4.78 is 0. The predicted molar refractivity (Wildman–Crippen MR) is 161 cm³/mol. The highest BCUT2D eigenvalue weighted by molar-refractivity contribution is 7.19. The highest BCUT2D eigenvalue weighted by Crippen LogP contribution is 2.38. The molecule has 2 aromatic heterocycles. The van der Waals surface area contributed by atoms with Gasteiger partial charge in [0.2, 0.25) is 0 Å². The molecule has 1 aromatic carbocycles. The van der Waals surface area contributed by atoms with E-state index in [4.69, 9.17) is 9.97 Å². The number of carbonyl (C=O) groups is 2. The molecule has 2 N–H and O–H groups in total. The minimum absolute atomic E-state index is 0.0763. The molecule has 9 heteroatoms. The summed E-state index contributed by atoms with van der Waals surface area (Å²) in [4.78, 5) is 41.1. The average molecular weight is 563 g/mol. The zero-order chi connectivity index (χ0) is 28.6. The van der Waals surface area contributed by atoms with Gasteiger partial charge in [0.05, 0.1) is 12.1 Å². The first-order valence-corrected chi connectivity index (χ1v) is 15.1. The summed E-state index contributed by atoms with van der Waals surface area (Å²) in [6, 6.07) is 9.68. The lowest BCUT2D eigenvalue weighted by Gasteiger charge is -2.36. The molecule has 2 atom stereocenters. The van der Waals surface area contributed by atoms with Crippen molar-refractivity contribution >= 4 is 33.5 Å². The number of thiazole rings is 1. The molecule has 8 nitrogen and oxygen atoms in total. The fourth-order valence-electron chi connectivity index (χ4n) is 5.73. The second-order valence-corrected chi connectivity index (χ2v) is 13.9. The van der Waals surface area contributed by atoms with Crippen LogP contribution in [0.5, 0.6) is 0 Å². The summed E-state index contributed by atoms with van der Waals surface area (Å²) in [5, 5.41) is 6.74. The minimum atomic E-state index is -0.252. The average Bonchev–Trinajstić information content (AvgIpc) is 3.30. The maximum atomic E-state index is 13.5. The van der Waals surface area contributed by atoms with Crippen LogP contribution in [0.2, 0.25) is 0 Å². The van der Waals surface area contributed by atoms with Gasteiger partial charge in [-0.3, -0.25) is 9.59 Å². The number of rotatable bonds is 8. The van der Waals surface area contributed by atoms with E-state index in [1.807, 2.05) is 45.4 Å². The number of carbonyl (C=O) groups excluding carboxylic acids is 2. The van der Waals surface area contributed by atoms with Gasteiger partial charge in [0.1, 0.15) is 10.3 Å². The highest BCUT2D eigenvalue weighted by Gasteiger charge is 2.30. The van der Waals surface area contributed by atoms with Crippen molar-refractivity contribution in [1.29, 1.82) is 0 Å². The van der Waals surface area contributed by atoms with Crippen molar-refractivity contribution in [2.75, 3.05) is 40.8 Å². The molecule has 1 unspecified atom stereocenters. The van der Waals surface area contributed by atoms with E-state index >= 15 is 0 Å². The van der Waals surface area contributed by atoms with Crippen molar-refractivity contribution in [2.24, 2.45) is 11.3 Å². The summed E-state index contributed by atoms with van der Waals surface area (Å²) in [5.74, 6) is 0.336. The molecular weight excluding hydrogens is 520 g/mol. The van der Waals surface area contributed by atoms with Crippen molar-refractivity contribution in [3.63, 3.8) is 0 Å². The number of benzene rings is 1. The molecule has 0 bridgehead atoms. The van der Waals surface area contributed by atoms with Crippen molar-refractivity contribution in [1.82, 2.24) is 30.4 Å². The van der Waals surface area contributed by atoms with Gasteiger partial charge in [-0.2, -0.15) is 0 Å². The minimum Gasteiger partial charge on any atom is -0.347 e. The van der Waals surface area contributed by atoms with E-state index in [2.05, 4.69) is 47.3 Å². The van der Waals surface area contributed by atoms with Gasteiger partial charge in [0, 0.05) is 24.3 Å². The quantitative estimate of drug-likeness (QED) is 0.425. The molecule has 3 aromatic rings. The summed E-state index contributed by atoms with van der Waals surface area (Å²) in [6.07, 6.45) is 3.84. The molecule has 1 saturated heterocycles. The van der Waals surface area contributed by atoms with Gasteiger partial charge < -0.3 is 20.4 Å². The normalized spacial score (nSPS) is 18.8. The first kappa shape index (κ1) is 28.6. The van der Waals surface area contributed by atoms with E-state index in [-0.39, 0.29) is 29.3 Å². The van der Waals surface area contributed by atoms with Gasteiger partial charge in [0.25, 0.3) is 11.8 Å². The Bertz CT molecular complexity index is 1390. The number of fused-ring (bicyclic) bond motifs is 2. The molecule has 5 rings (SSSR count). The fraction of sp³-hybridized carbons (Fsp3) is 0.548. The molecule has 1 fully saturated rings. The fourth-order valence-corrected chi connectivity index (χ4v) is 6.58.